The summed E-state index contributed by atoms with van der Waals surface area (Å²) in [5, 5.41) is 9.18. The topological polar surface area (TPSA) is 87.0 Å². The first kappa shape index (κ1) is 15.9. The standard InChI is InChI=1S/C13H19O5P/c1-3-13(4-2,18-19(15,16)17)10-9-11-5-7-12(14)8-6-11/h5-10,14H,3-4H2,1-2H3,(H2,15,16,17)/b10-9+. The fraction of sp³-hybridized carbons (Fsp3) is 0.385. The van der Waals surface area contributed by atoms with Gasteiger partial charge in [-0.3, -0.25) is 4.52 Å². The second-order valence-corrected chi connectivity index (χ2v) is 5.44. The maximum absolute atomic E-state index is 11.0. The third-order valence-corrected chi connectivity index (χ3v) is 3.57. The van der Waals surface area contributed by atoms with Crippen molar-refractivity contribution in [3.63, 3.8) is 0 Å². The highest BCUT2D eigenvalue weighted by Gasteiger charge is 2.32. The van der Waals surface area contributed by atoms with Gasteiger partial charge in [-0.05, 0) is 30.5 Å². The highest BCUT2D eigenvalue weighted by Crippen LogP contribution is 2.44. The number of phosphoric acid groups is 1. The van der Waals surface area contributed by atoms with Crippen molar-refractivity contribution in [3.8, 4) is 5.75 Å². The molecule has 0 saturated carbocycles. The van der Waals surface area contributed by atoms with Crippen molar-refractivity contribution in [2.75, 3.05) is 0 Å². The van der Waals surface area contributed by atoms with Crippen molar-refractivity contribution in [2.24, 2.45) is 0 Å². The number of phenolic OH excluding ortho intramolecular Hbond substituents is 1. The first-order valence-corrected chi connectivity index (χ1v) is 7.58. The quantitative estimate of drug-likeness (QED) is 0.699. The number of hydrogen-bond acceptors (Lipinski definition) is 3. The fourth-order valence-corrected chi connectivity index (χ4v) is 2.51. The van der Waals surface area contributed by atoms with Crippen LogP contribution >= 0.6 is 7.82 Å². The first-order valence-electron chi connectivity index (χ1n) is 6.05. The third kappa shape index (κ3) is 5.17. The van der Waals surface area contributed by atoms with Crippen molar-refractivity contribution in [1.82, 2.24) is 0 Å². The summed E-state index contributed by atoms with van der Waals surface area (Å²) in [5.74, 6) is 0.167. The van der Waals surface area contributed by atoms with E-state index in [1.54, 1.807) is 50.3 Å². The number of rotatable bonds is 6. The van der Waals surface area contributed by atoms with Crippen LogP contribution < -0.4 is 0 Å². The second kappa shape index (κ2) is 6.35. The highest BCUT2D eigenvalue weighted by molar-refractivity contribution is 7.46. The molecule has 0 amide bonds. The summed E-state index contributed by atoms with van der Waals surface area (Å²) >= 11 is 0. The SMILES string of the molecule is CCC(/C=C/c1ccc(O)cc1)(CC)OP(=O)(O)O. The lowest BCUT2D eigenvalue weighted by molar-refractivity contribution is 0.0677. The Labute approximate surface area is 112 Å². The molecule has 0 aliphatic rings. The Morgan fingerprint density at radius 3 is 2.16 bits per heavy atom. The van der Waals surface area contributed by atoms with Gasteiger partial charge >= 0.3 is 7.82 Å². The molecule has 0 fully saturated rings. The van der Waals surface area contributed by atoms with Crippen LogP contribution in [0.5, 0.6) is 5.75 Å². The zero-order valence-electron chi connectivity index (χ0n) is 11.0. The Bertz CT molecular complexity index is 470. The maximum Gasteiger partial charge on any atom is 0.470 e. The van der Waals surface area contributed by atoms with Crippen LogP contribution in [-0.4, -0.2) is 20.5 Å². The number of phosphoric ester groups is 1. The zero-order chi connectivity index (χ0) is 14.5. The smallest absolute Gasteiger partial charge is 0.470 e. The van der Waals surface area contributed by atoms with Gasteiger partial charge < -0.3 is 14.9 Å². The van der Waals surface area contributed by atoms with Crippen molar-refractivity contribution in [2.45, 2.75) is 32.3 Å². The van der Waals surface area contributed by atoms with Crippen LogP contribution in [0.25, 0.3) is 6.08 Å². The molecule has 1 aromatic rings. The Morgan fingerprint density at radius 1 is 1.21 bits per heavy atom. The Kier molecular flexibility index (Phi) is 5.32. The van der Waals surface area contributed by atoms with Crippen LogP contribution in [0, 0.1) is 0 Å². The van der Waals surface area contributed by atoms with E-state index in [0.717, 1.165) is 5.56 Å². The molecule has 0 aromatic heterocycles. The van der Waals surface area contributed by atoms with Gasteiger partial charge in [-0.1, -0.05) is 38.1 Å². The lowest BCUT2D eigenvalue weighted by Gasteiger charge is -2.28. The molecule has 19 heavy (non-hydrogen) atoms. The molecule has 0 aliphatic carbocycles. The minimum Gasteiger partial charge on any atom is -0.508 e. The molecule has 0 atom stereocenters. The summed E-state index contributed by atoms with van der Waals surface area (Å²) in [5.41, 5.74) is -0.171. The lowest BCUT2D eigenvalue weighted by atomic mass is 9.96. The van der Waals surface area contributed by atoms with Crippen LogP contribution in [0.4, 0.5) is 0 Å². The van der Waals surface area contributed by atoms with Gasteiger partial charge in [0.1, 0.15) is 5.75 Å². The fourth-order valence-electron chi connectivity index (χ4n) is 1.72. The molecule has 0 bridgehead atoms. The molecular weight excluding hydrogens is 267 g/mol. The van der Waals surface area contributed by atoms with Crippen LogP contribution in [-0.2, 0) is 9.09 Å². The first-order chi connectivity index (χ1) is 8.80. The molecule has 1 aromatic carbocycles. The summed E-state index contributed by atoms with van der Waals surface area (Å²) in [4.78, 5) is 17.9. The molecule has 106 valence electrons. The van der Waals surface area contributed by atoms with Gasteiger partial charge in [-0.25, -0.2) is 4.57 Å². The lowest BCUT2D eigenvalue weighted by Crippen LogP contribution is -2.27. The van der Waals surface area contributed by atoms with Crippen LogP contribution in [0.15, 0.2) is 30.3 Å². The van der Waals surface area contributed by atoms with Gasteiger partial charge in [0.25, 0.3) is 0 Å². The van der Waals surface area contributed by atoms with Crippen LogP contribution in [0.1, 0.15) is 32.3 Å². The van der Waals surface area contributed by atoms with Gasteiger partial charge in [-0.2, -0.15) is 0 Å². The molecule has 0 heterocycles. The predicted octanol–water partition coefficient (Wildman–Crippen LogP) is 3.07. The van der Waals surface area contributed by atoms with Crippen molar-refractivity contribution >= 4 is 13.9 Å². The van der Waals surface area contributed by atoms with Gasteiger partial charge in [0, 0.05) is 0 Å². The molecule has 0 unspecified atom stereocenters. The number of benzene rings is 1. The van der Waals surface area contributed by atoms with Crippen molar-refractivity contribution < 1.29 is 24.0 Å². The van der Waals surface area contributed by atoms with Crippen molar-refractivity contribution in [3.05, 3.63) is 35.9 Å². The van der Waals surface area contributed by atoms with Gasteiger partial charge in [0.05, 0.1) is 5.60 Å². The van der Waals surface area contributed by atoms with E-state index in [1.165, 1.54) is 0 Å². The molecule has 3 N–H and O–H groups in total. The van der Waals surface area contributed by atoms with E-state index in [4.69, 9.17) is 14.3 Å². The third-order valence-electron chi connectivity index (χ3n) is 2.97. The Balaban J connectivity index is 2.94. The molecule has 0 spiro atoms. The van der Waals surface area contributed by atoms with E-state index in [2.05, 4.69) is 0 Å². The molecule has 0 radical (unpaired) electrons. The average molecular weight is 286 g/mol. The molecule has 6 heteroatoms. The van der Waals surface area contributed by atoms with Gasteiger partial charge in [0.15, 0.2) is 0 Å². The molecular formula is C13H19O5P. The minimum absolute atomic E-state index is 0.167. The van der Waals surface area contributed by atoms with E-state index in [9.17, 15) is 9.67 Å². The minimum atomic E-state index is -4.54. The normalized spacial score (nSPS) is 13.1. The largest absolute Gasteiger partial charge is 0.508 e. The molecule has 1 rings (SSSR count). The number of hydrogen-bond donors (Lipinski definition) is 3. The second-order valence-electron chi connectivity index (χ2n) is 4.28. The molecule has 0 saturated heterocycles. The molecule has 5 nitrogen and oxygen atoms in total. The summed E-state index contributed by atoms with van der Waals surface area (Å²) in [6.07, 6.45) is 4.27. The van der Waals surface area contributed by atoms with E-state index in [-0.39, 0.29) is 5.75 Å². The van der Waals surface area contributed by atoms with E-state index < -0.39 is 13.4 Å². The van der Waals surface area contributed by atoms with Gasteiger partial charge in [0.2, 0.25) is 0 Å². The zero-order valence-corrected chi connectivity index (χ0v) is 11.9. The highest BCUT2D eigenvalue weighted by atomic mass is 31.2. The summed E-state index contributed by atoms with van der Waals surface area (Å²) in [6.45, 7) is 3.61. The van der Waals surface area contributed by atoms with E-state index in [1.807, 2.05) is 0 Å². The van der Waals surface area contributed by atoms with Crippen LogP contribution in [0.3, 0.4) is 0 Å². The Hall–Kier alpha value is -1.13. The van der Waals surface area contributed by atoms with E-state index in [0.29, 0.717) is 12.8 Å². The number of aromatic hydroxyl groups is 1. The van der Waals surface area contributed by atoms with Crippen LogP contribution in [0.2, 0.25) is 0 Å². The summed E-state index contributed by atoms with van der Waals surface area (Å²) in [6, 6.07) is 6.50. The summed E-state index contributed by atoms with van der Waals surface area (Å²) < 4.78 is 15.9. The predicted molar refractivity (Wildman–Crippen MR) is 73.6 cm³/mol. The van der Waals surface area contributed by atoms with Crippen molar-refractivity contribution in [1.29, 1.82) is 0 Å². The van der Waals surface area contributed by atoms with Gasteiger partial charge in [-0.15, -0.1) is 0 Å². The average Bonchev–Trinajstić information content (AvgIpc) is 2.35. The monoisotopic (exact) mass is 286 g/mol. The van der Waals surface area contributed by atoms with E-state index >= 15 is 0 Å². The number of phenols is 1. The summed E-state index contributed by atoms with van der Waals surface area (Å²) in [7, 11) is -4.54. The maximum atomic E-state index is 11.0. The Morgan fingerprint density at radius 2 is 1.74 bits per heavy atom. The molecule has 0 aliphatic heterocycles.